The second-order valence-corrected chi connectivity index (χ2v) is 4.91. The Morgan fingerprint density at radius 2 is 1.79 bits per heavy atom. The molecule has 2 N–H and O–H groups in total. The van der Waals surface area contributed by atoms with Crippen molar-refractivity contribution in [3.8, 4) is 0 Å². The lowest BCUT2D eigenvalue weighted by molar-refractivity contribution is -0.123. The third kappa shape index (κ3) is 4.99. The van der Waals surface area contributed by atoms with Crippen LogP contribution < -0.4 is 10.6 Å². The van der Waals surface area contributed by atoms with Gasteiger partial charge in [-0.25, -0.2) is 0 Å². The van der Waals surface area contributed by atoms with E-state index >= 15 is 0 Å². The van der Waals surface area contributed by atoms with Crippen LogP contribution in [0.15, 0.2) is 24.5 Å². The van der Waals surface area contributed by atoms with Crippen LogP contribution in [0.2, 0.25) is 0 Å². The molecule has 19 heavy (non-hydrogen) atoms. The van der Waals surface area contributed by atoms with E-state index in [0.717, 1.165) is 18.4 Å². The van der Waals surface area contributed by atoms with E-state index in [1.165, 1.54) is 0 Å². The summed E-state index contributed by atoms with van der Waals surface area (Å²) >= 11 is 0. The topological polar surface area (TPSA) is 54.0 Å². The second-order valence-electron chi connectivity index (χ2n) is 4.91. The molecule has 1 rings (SSSR count). The summed E-state index contributed by atoms with van der Waals surface area (Å²) in [5.74, 6) is 0.0645. The molecule has 1 aromatic heterocycles. The average Bonchev–Trinajstić information content (AvgIpc) is 2.45. The van der Waals surface area contributed by atoms with Crippen LogP contribution in [-0.4, -0.2) is 23.0 Å². The molecule has 0 radical (unpaired) electrons. The van der Waals surface area contributed by atoms with E-state index in [-0.39, 0.29) is 24.0 Å². The number of aromatic nitrogens is 1. The molecule has 1 amide bonds. The van der Waals surface area contributed by atoms with Crippen LogP contribution in [0, 0.1) is 0 Å². The Kier molecular flexibility index (Phi) is 6.50. The summed E-state index contributed by atoms with van der Waals surface area (Å²) in [5.41, 5.74) is 1.14. The van der Waals surface area contributed by atoms with E-state index in [9.17, 15) is 4.79 Å². The van der Waals surface area contributed by atoms with Crippen molar-refractivity contribution in [1.82, 2.24) is 15.6 Å². The van der Waals surface area contributed by atoms with Gasteiger partial charge in [-0.3, -0.25) is 15.1 Å². The van der Waals surface area contributed by atoms with Crippen molar-refractivity contribution in [2.75, 3.05) is 0 Å². The van der Waals surface area contributed by atoms with Crippen LogP contribution in [0.4, 0.5) is 0 Å². The molecule has 1 unspecified atom stereocenters. The van der Waals surface area contributed by atoms with Gasteiger partial charge in [-0.1, -0.05) is 13.8 Å². The molecule has 0 bridgehead atoms. The molecule has 0 aliphatic rings. The standard InChI is InChI=1S/C15H25N3O/c1-5-14(6-2)18-15(19)12(4)17-11(3)13-7-9-16-10-8-13/h7-12,14,17H,5-6H2,1-4H3,(H,18,19)/t11-,12?/m1/s1. The monoisotopic (exact) mass is 263 g/mol. The van der Waals surface area contributed by atoms with Crippen LogP contribution in [0.25, 0.3) is 0 Å². The minimum Gasteiger partial charge on any atom is -0.352 e. The maximum absolute atomic E-state index is 12.1. The lowest BCUT2D eigenvalue weighted by atomic mass is 10.1. The van der Waals surface area contributed by atoms with Gasteiger partial charge in [0.25, 0.3) is 0 Å². The Balaban J connectivity index is 2.50. The Hall–Kier alpha value is -1.42. The van der Waals surface area contributed by atoms with Gasteiger partial charge in [0.2, 0.25) is 5.91 Å². The molecule has 0 aromatic carbocycles. The zero-order valence-electron chi connectivity index (χ0n) is 12.3. The number of nitrogens with zero attached hydrogens (tertiary/aromatic N) is 1. The fourth-order valence-electron chi connectivity index (χ4n) is 2.02. The van der Waals surface area contributed by atoms with Gasteiger partial charge in [-0.2, -0.15) is 0 Å². The third-order valence-corrected chi connectivity index (χ3v) is 3.43. The van der Waals surface area contributed by atoms with Crippen molar-refractivity contribution < 1.29 is 4.79 Å². The first-order valence-corrected chi connectivity index (χ1v) is 7.04. The number of rotatable bonds is 7. The number of nitrogens with one attached hydrogen (secondary N) is 2. The molecule has 0 fully saturated rings. The molecule has 1 heterocycles. The van der Waals surface area contributed by atoms with Crippen molar-refractivity contribution >= 4 is 5.91 Å². The smallest absolute Gasteiger partial charge is 0.237 e. The van der Waals surface area contributed by atoms with E-state index in [1.807, 2.05) is 19.1 Å². The lowest BCUT2D eigenvalue weighted by Crippen LogP contribution is -2.46. The van der Waals surface area contributed by atoms with Crippen LogP contribution in [0.3, 0.4) is 0 Å². The van der Waals surface area contributed by atoms with Crippen molar-refractivity contribution in [1.29, 1.82) is 0 Å². The van der Waals surface area contributed by atoms with Crippen molar-refractivity contribution in [3.63, 3.8) is 0 Å². The summed E-state index contributed by atoms with van der Waals surface area (Å²) in [5, 5.41) is 6.37. The molecule has 0 saturated carbocycles. The quantitative estimate of drug-likeness (QED) is 0.794. The first-order valence-electron chi connectivity index (χ1n) is 7.04. The van der Waals surface area contributed by atoms with Gasteiger partial charge in [0.1, 0.15) is 0 Å². The highest BCUT2D eigenvalue weighted by Crippen LogP contribution is 2.11. The maximum atomic E-state index is 12.1. The molecule has 1 aromatic rings. The predicted molar refractivity (Wildman–Crippen MR) is 77.8 cm³/mol. The molecular weight excluding hydrogens is 238 g/mol. The molecule has 0 aliphatic carbocycles. The summed E-state index contributed by atoms with van der Waals surface area (Å²) in [6.07, 6.45) is 5.47. The Morgan fingerprint density at radius 3 is 2.32 bits per heavy atom. The van der Waals surface area contributed by atoms with Gasteiger partial charge in [-0.15, -0.1) is 0 Å². The third-order valence-electron chi connectivity index (χ3n) is 3.43. The van der Waals surface area contributed by atoms with E-state index < -0.39 is 0 Å². The number of pyridine rings is 1. The summed E-state index contributed by atoms with van der Waals surface area (Å²) < 4.78 is 0. The van der Waals surface area contributed by atoms with Gasteiger partial charge in [0.05, 0.1) is 6.04 Å². The van der Waals surface area contributed by atoms with Gasteiger partial charge < -0.3 is 5.32 Å². The SMILES string of the molecule is CCC(CC)NC(=O)C(C)N[C@H](C)c1ccncc1. The van der Waals surface area contributed by atoms with Crippen LogP contribution in [0.5, 0.6) is 0 Å². The Labute approximate surface area is 116 Å². The number of carbonyl (C=O) groups is 1. The lowest BCUT2D eigenvalue weighted by Gasteiger charge is -2.22. The minimum absolute atomic E-state index is 0.0645. The summed E-state index contributed by atoms with van der Waals surface area (Å²) in [6.45, 7) is 8.13. The first kappa shape index (κ1) is 15.6. The van der Waals surface area contributed by atoms with E-state index in [1.54, 1.807) is 12.4 Å². The van der Waals surface area contributed by atoms with Gasteiger partial charge in [0, 0.05) is 24.5 Å². The van der Waals surface area contributed by atoms with Gasteiger partial charge in [-0.05, 0) is 44.4 Å². The molecule has 0 saturated heterocycles. The van der Waals surface area contributed by atoms with Crippen molar-refractivity contribution in [3.05, 3.63) is 30.1 Å². The first-order chi connectivity index (χ1) is 9.08. The van der Waals surface area contributed by atoms with E-state index in [4.69, 9.17) is 0 Å². The zero-order chi connectivity index (χ0) is 14.3. The highest BCUT2D eigenvalue weighted by molar-refractivity contribution is 5.81. The number of amides is 1. The average molecular weight is 263 g/mol. The van der Waals surface area contributed by atoms with Crippen molar-refractivity contribution in [2.24, 2.45) is 0 Å². The number of hydrogen-bond donors (Lipinski definition) is 2. The Bertz CT molecular complexity index is 376. The van der Waals surface area contributed by atoms with Crippen LogP contribution >= 0.6 is 0 Å². The zero-order valence-corrected chi connectivity index (χ0v) is 12.3. The van der Waals surface area contributed by atoms with Gasteiger partial charge in [0.15, 0.2) is 0 Å². The fraction of sp³-hybridized carbons (Fsp3) is 0.600. The maximum Gasteiger partial charge on any atom is 0.237 e. The molecule has 0 spiro atoms. The summed E-state index contributed by atoms with van der Waals surface area (Å²) in [6, 6.07) is 4.12. The number of hydrogen-bond acceptors (Lipinski definition) is 3. The minimum atomic E-state index is -0.205. The highest BCUT2D eigenvalue weighted by atomic mass is 16.2. The van der Waals surface area contributed by atoms with Crippen LogP contribution in [0.1, 0.15) is 52.1 Å². The molecule has 4 nitrogen and oxygen atoms in total. The molecule has 0 aliphatic heterocycles. The second kappa shape index (κ2) is 7.89. The Morgan fingerprint density at radius 1 is 1.21 bits per heavy atom. The van der Waals surface area contributed by atoms with Crippen LogP contribution in [-0.2, 0) is 4.79 Å². The molecule has 4 heteroatoms. The number of carbonyl (C=O) groups excluding carboxylic acids is 1. The van der Waals surface area contributed by atoms with E-state index in [0.29, 0.717) is 0 Å². The molecule has 106 valence electrons. The summed E-state index contributed by atoms with van der Waals surface area (Å²) in [7, 11) is 0. The predicted octanol–water partition coefficient (Wildman–Crippen LogP) is 2.43. The normalized spacial score (nSPS) is 14.2. The highest BCUT2D eigenvalue weighted by Gasteiger charge is 2.18. The summed E-state index contributed by atoms with van der Waals surface area (Å²) in [4.78, 5) is 16.0. The molecular formula is C15H25N3O. The van der Waals surface area contributed by atoms with E-state index in [2.05, 4.69) is 36.4 Å². The van der Waals surface area contributed by atoms with Crippen molar-refractivity contribution in [2.45, 2.75) is 58.7 Å². The molecule has 2 atom stereocenters. The van der Waals surface area contributed by atoms with Gasteiger partial charge >= 0.3 is 0 Å². The largest absolute Gasteiger partial charge is 0.352 e. The fourth-order valence-corrected chi connectivity index (χ4v) is 2.02.